The molecule has 130 valence electrons. The van der Waals surface area contributed by atoms with Gasteiger partial charge in [0.1, 0.15) is 5.56 Å². The Kier molecular flexibility index (Phi) is 5.04. The fourth-order valence-corrected chi connectivity index (χ4v) is 4.23. The third kappa shape index (κ3) is 2.80. The molecule has 0 spiro atoms. The lowest BCUT2D eigenvalue weighted by molar-refractivity contribution is 0.386. The second-order valence-electron chi connectivity index (χ2n) is 5.21. The molecule has 0 radical (unpaired) electrons. The zero-order chi connectivity index (χ0) is 18.1. The van der Waals surface area contributed by atoms with Crippen molar-refractivity contribution in [2.45, 2.75) is 27.3 Å². The summed E-state index contributed by atoms with van der Waals surface area (Å²) in [4.78, 5) is 12.4. The van der Waals surface area contributed by atoms with Crippen LogP contribution in [-0.2, 0) is 18.2 Å². The van der Waals surface area contributed by atoms with E-state index in [0.717, 1.165) is 0 Å². The van der Waals surface area contributed by atoms with Crippen molar-refractivity contribution >= 4 is 24.1 Å². The van der Waals surface area contributed by atoms with Crippen LogP contribution >= 0.6 is 7.29 Å². The molecule has 0 saturated carbocycles. The number of anilines is 1. The maximum Gasteiger partial charge on any atom is 0.281 e. The molecule has 0 amide bonds. The van der Waals surface area contributed by atoms with E-state index in [4.69, 9.17) is 0 Å². The van der Waals surface area contributed by atoms with Crippen LogP contribution in [0.15, 0.2) is 33.8 Å². The van der Waals surface area contributed by atoms with Gasteiger partial charge in [0.2, 0.25) is 13.2 Å². The van der Waals surface area contributed by atoms with E-state index in [-0.39, 0.29) is 22.8 Å². The molecule has 1 aliphatic rings. The van der Waals surface area contributed by atoms with Gasteiger partial charge < -0.3 is 10.4 Å². The first-order valence-corrected chi connectivity index (χ1v) is 10.0. The molecule has 0 fully saturated rings. The first-order chi connectivity index (χ1) is 11.4. The molecule has 1 unspecified atom stereocenters. The van der Waals surface area contributed by atoms with Crippen molar-refractivity contribution < 1.29 is 9.67 Å². The average molecular weight is 350 g/mol. The Hall–Kier alpha value is -2.27. The van der Waals surface area contributed by atoms with E-state index in [9.17, 15) is 14.5 Å². The summed E-state index contributed by atoms with van der Waals surface area (Å²) in [5.41, 5.74) is 0.318. The Bertz CT molecular complexity index is 895. The molecule has 1 atom stereocenters. The Morgan fingerprint density at radius 1 is 1.29 bits per heavy atom. The number of aromatic nitrogens is 2. The van der Waals surface area contributed by atoms with Gasteiger partial charge in [-0.3, -0.25) is 14.0 Å². The van der Waals surface area contributed by atoms with Gasteiger partial charge in [0, 0.05) is 20.3 Å². The number of hydrogen-bond acceptors (Lipinski definition) is 4. The van der Waals surface area contributed by atoms with Crippen LogP contribution in [0.3, 0.4) is 0 Å². The maximum absolute atomic E-state index is 12.8. The SMILES string of the molecule is CC.CCn1c(=O)c(C2=NP(C)(=O)c3ccccc3N2)c(O)n1C. The summed E-state index contributed by atoms with van der Waals surface area (Å²) in [5, 5.41) is 13.9. The van der Waals surface area contributed by atoms with Crippen LogP contribution in [-0.4, -0.2) is 27.0 Å². The lowest BCUT2D eigenvalue weighted by atomic mass is 10.2. The average Bonchev–Trinajstić information content (AvgIpc) is 2.78. The number of fused-ring (bicyclic) bond motifs is 1. The summed E-state index contributed by atoms with van der Waals surface area (Å²) in [6, 6.07) is 7.13. The van der Waals surface area contributed by atoms with Crippen LogP contribution < -0.4 is 16.2 Å². The largest absolute Gasteiger partial charge is 0.493 e. The van der Waals surface area contributed by atoms with E-state index in [1.165, 1.54) is 9.36 Å². The molecule has 3 rings (SSSR count). The fourth-order valence-electron chi connectivity index (χ4n) is 2.65. The number of nitrogens with zero attached hydrogens (tertiary/aromatic N) is 3. The number of hydrogen-bond donors (Lipinski definition) is 2. The predicted molar refractivity (Wildman–Crippen MR) is 98.1 cm³/mol. The van der Waals surface area contributed by atoms with Gasteiger partial charge in [-0.2, -0.15) is 0 Å². The van der Waals surface area contributed by atoms with Crippen molar-refractivity contribution in [3.8, 4) is 5.88 Å². The number of para-hydroxylation sites is 1. The second kappa shape index (κ2) is 6.69. The molecule has 2 N–H and O–H groups in total. The highest BCUT2D eigenvalue weighted by Crippen LogP contribution is 2.47. The highest BCUT2D eigenvalue weighted by atomic mass is 31.2. The van der Waals surface area contributed by atoms with Gasteiger partial charge in [0.05, 0.1) is 11.0 Å². The van der Waals surface area contributed by atoms with E-state index in [1.807, 2.05) is 19.9 Å². The van der Waals surface area contributed by atoms with Crippen molar-refractivity contribution in [2.24, 2.45) is 11.8 Å². The minimum Gasteiger partial charge on any atom is -0.493 e. The molecule has 0 bridgehead atoms. The fraction of sp³-hybridized carbons (Fsp3) is 0.375. The van der Waals surface area contributed by atoms with Gasteiger partial charge in [0.15, 0.2) is 5.84 Å². The molecule has 8 heteroatoms. The van der Waals surface area contributed by atoms with E-state index >= 15 is 0 Å². The molecule has 0 saturated heterocycles. The van der Waals surface area contributed by atoms with Gasteiger partial charge in [-0.05, 0) is 19.1 Å². The Morgan fingerprint density at radius 2 is 1.92 bits per heavy atom. The summed E-state index contributed by atoms with van der Waals surface area (Å²) in [7, 11) is -1.41. The Morgan fingerprint density at radius 3 is 2.50 bits per heavy atom. The molecule has 1 aliphatic heterocycles. The first-order valence-electron chi connectivity index (χ1n) is 7.90. The van der Waals surface area contributed by atoms with Crippen molar-refractivity contribution in [2.75, 3.05) is 12.0 Å². The molecule has 1 aromatic heterocycles. The minimum atomic E-state index is -3.00. The highest BCUT2D eigenvalue weighted by Gasteiger charge is 2.31. The predicted octanol–water partition coefficient (Wildman–Crippen LogP) is 2.34. The van der Waals surface area contributed by atoms with Gasteiger partial charge in [-0.25, -0.2) is 9.44 Å². The van der Waals surface area contributed by atoms with Crippen LogP contribution in [0, 0.1) is 0 Å². The van der Waals surface area contributed by atoms with Crippen LogP contribution in [0.25, 0.3) is 0 Å². The lowest BCUT2D eigenvalue weighted by Crippen LogP contribution is -2.30. The molecular weight excluding hydrogens is 327 g/mol. The smallest absolute Gasteiger partial charge is 0.281 e. The topological polar surface area (TPSA) is 88.6 Å². The zero-order valence-corrected chi connectivity index (χ0v) is 15.5. The van der Waals surface area contributed by atoms with E-state index < -0.39 is 7.29 Å². The van der Waals surface area contributed by atoms with Gasteiger partial charge >= 0.3 is 0 Å². The van der Waals surface area contributed by atoms with E-state index in [2.05, 4.69) is 10.1 Å². The standard InChI is InChI=1S/C14H17N4O3P.C2H6/c1-4-18-14(20)11(13(19)17(18)2)12-15-9-7-5-6-8-10(9)22(3,21)16-12;1-2/h5-8,19H,4H2,1-3H3,(H,15,16,21);1-2H3. The Balaban J connectivity index is 0.00000100. The summed E-state index contributed by atoms with van der Waals surface area (Å²) < 4.78 is 19.8. The summed E-state index contributed by atoms with van der Waals surface area (Å²) >= 11 is 0. The van der Waals surface area contributed by atoms with Gasteiger partial charge in [0.25, 0.3) is 5.56 Å². The summed E-state index contributed by atoms with van der Waals surface area (Å²) in [6.07, 6.45) is 0. The zero-order valence-electron chi connectivity index (χ0n) is 14.6. The molecule has 0 aliphatic carbocycles. The van der Waals surface area contributed by atoms with Crippen molar-refractivity contribution in [3.63, 3.8) is 0 Å². The number of amidine groups is 1. The van der Waals surface area contributed by atoms with Gasteiger partial charge in [-0.1, -0.05) is 26.0 Å². The number of benzene rings is 1. The molecule has 2 heterocycles. The van der Waals surface area contributed by atoms with Gasteiger partial charge in [-0.15, -0.1) is 0 Å². The van der Waals surface area contributed by atoms with E-state index in [1.54, 1.807) is 38.8 Å². The van der Waals surface area contributed by atoms with Crippen molar-refractivity contribution in [3.05, 3.63) is 40.2 Å². The second-order valence-corrected chi connectivity index (χ2v) is 7.65. The molecular formula is C16H23N4O3P. The highest BCUT2D eigenvalue weighted by molar-refractivity contribution is 7.70. The third-order valence-corrected chi connectivity index (χ3v) is 5.64. The maximum atomic E-state index is 12.8. The van der Waals surface area contributed by atoms with Crippen LogP contribution in [0.1, 0.15) is 26.3 Å². The van der Waals surface area contributed by atoms with Crippen molar-refractivity contribution in [1.82, 2.24) is 9.36 Å². The number of nitrogens with one attached hydrogen (secondary N) is 1. The summed E-state index contributed by atoms with van der Waals surface area (Å²) in [6.45, 7) is 7.77. The number of rotatable bonds is 2. The van der Waals surface area contributed by atoms with Crippen LogP contribution in [0.5, 0.6) is 5.88 Å². The molecule has 2 aromatic rings. The third-order valence-electron chi connectivity index (χ3n) is 3.77. The van der Waals surface area contributed by atoms with E-state index in [0.29, 0.717) is 17.5 Å². The summed E-state index contributed by atoms with van der Waals surface area (Å²) in [5.74, 6) is -0.0488. The monoisotopic (exact) mass is 350 g/mol. The minimum absolute atomic E-state index is 0.0425. The number of aromatic hydroxyl groups is 1. The normalized spacial score (nSPS) is 18.8. The molecule has 1 aromatic carbocycles. The first kappa shape index (κ1) is 18.1. The van der Waals surface area contributed by atoms with Crippen LogP contribution in [0.4, 0.5) is 5.69 Å². The molecule has 7 nitrogen and oxygen atoms in total. The molecule has 24 heavy (non-hydrogen) atoms. The Labute approximate surface area is 141 Å². The lowest BCUT2D eigenvalue weighted by Gasteiger charge is -2.22. The van der Waals surface area contributed by atoms with Crippen molar-refractivity contribution in [1.29, 1.82) is 0 Å². The van der Waals surface area contributed by atoms with Crippen LogP contribution in [0.2, 0.25) is 0 Å². The quantitative estimate of drug-likeness (QED) is 0.814.